The van der Waals surface area contributed by atoms with E-state index in [1.54, 1.807) is 11.4 Å². The number of alkyl halides is 3. The van der Waals surface area contributed by atoms with E-state index in [0.717, 1.165) is 0 Å². The third-order valence-corrected chi connectivity index (χ3v) is 3.25. The van der Waals surface area contributed by atoms with E-state index in [2.05, 4.69) is 5.32 Å². The third kappa shape index (κ3) is 3.45. The van der Waals surface area contributed by atoms with Crippen molar-refractivity contribution in [3.8, 4) is 0 Å². The van der Waals surface area contributed by atoms with E-state index in [-0.39, 0.29) is 18.4 Å². The van der Waals surface area contributed by atoms with E-state index >= 15 is 0 Å². The molecule has 1 aromatic rings. The van der Waals surface area contributed by atoms with Crippen molar-refractivity contribution in [2.24, 2.45) is 0 Å². The summed E-state index contributed by atoms with van der Waals surface area (Å²) >= 11 is 0. The number of urea groups is 1. The molecule has 1 atom stereocenters. The molecule has 0 spiro atoms. The summed E-state index contributed by atoms with van der Waals surface area (Å²) in [5.74, 6) is -1.25. The van der Waals surface area contributed by atoms with Crippen molar-refractivity contribution in [3.05, 3.63) is 35.9 Å². The first kappa shape index (κ1) is 15.1. The SMILES string of the molecule is O=C(N[C@@H](c1ccccc1)C(F)(F)F)NC1(C(=O)O)CC1. The monoisotopic (exact) mass is 302 g/mol. The van der Waals surface area contributed by atoms with Crippen molar-refractivity contribution >= 4 is 12.0 Å². The van der Waals surface area contributed by atoms with Crippen molar-refractivity contribution in [1.82, 2.24) is 10.6 Å². The quantitative estimate of drug-likeness (QED) is 0.798. The Bertz CT molecular complexity index is 541. The number of amides is 2. The second-order valence-corrected chi connectivity index (χ2v) is 4.87. The molecule has 2 rings (SSSR count). The van der Waals surface area contributed by atoms with Crippen LogP contribution in [0.5, 0.6) is 0 Å². The van der Waals surface area contributed by atoms with Gasteiger partial charge in [-0.3, -0.25) is 0 Å². The highest BCUT2D eigenvalue weighted by molar-refractivity contribution is 5.89. The van der Waals surface area contributed by atoms with Crippen molar-refractivity contribution in [3.63, 3.8) is 0 Å². The van der Waals surface area contributed by atoms with Crippen LogP contribution in [0.3, 0.4) is 0 Å². The average molecular weight is 302 g/mol. The van der Waals surface area contributed by atoms with E-state index in [4.69, 9.17) is 5.11 Å². The van der Waals surface area contributed by atoms with Crippen LogP contribution in [0.25, 0.3) is 0 Å². The number of rotatable bonds is 4. The molecule has 0 aromatic heterocycles. The van der Waals surface area contributed by atoms with Gasteiger partial charge in [-0.1, -0.05) is 30.3 Å². The molecular formula is C13H13F3N2O3. The van der Waals surface area contributed by atoms with Gasteiger partial charge in [0.2, 0.25) is 0 Å². The maximum atomic E-state index is 13.0. The van der Waals surface area contributed by atoms with Crippen LogP contribution in [0.4, 0.5) is 18.0 Å². The zero-order valence-electron chi connectivity index (χ0n) is 10.8. The summed E-state index contributed by atoms with van der Waals surface area (Å²) in [6.07, 6.45) is -4.27. The average Bonchev–Trinajstić information content (AvgIpc) is 3.16. The highest BCUT2D eigenvalue weighted by Crippen LogP contribution is 2.36. The number of hydrogen-bond donors (Lipinski definition) is 3. The number of benzene rings is 1. The molecule has 0 saturated heterocycles. The molecule has 21 heavy (non-hydrogen) atoms. The first-order chi connectivity index (χ1) is 9.74. The van der Waals surface area contributed by atoms with Crippen molar-refractivity contribution in [2.75, 3.05) is 0 Å². The Morgan fingerprint density at radius 1 is 1.19 bits per heavy atom. The molecule has 3 N–H and O–H groups in total. The lowest BCUT2D eigenvalue weighted by Gasteiger charge is -2.23. The number of carboxylic acids is 1. The van der Waals surface area contributed by atoms with Gasteiger partial charge in [0, 0.05) is 0 Å². The maximum absolute atomic E-state index is 13.0. The van der Waals surface area contributed by atoms with Crippen LogP contribution in [0.2, 0.25) is 0 Å². The molecule has 0 aliphatic heterocycles. The van der Waals surface area contributed by atoms with Crippen molar-refractivity contribution in [1.29, 1.82) is 0 Å². The van der Waals surface area contributed by atoms with E-state index in [0.29, 0.717) is 0 Å². The molecule has 1 fully saturated rings. The zero-order chi connectivity index (χ0) is 15.7. The Labute approximate surface area is 118 Å². The van der Waals surface area contributed by atoms with Gasteiger partial charge in [0.05, 0.1) is 0 Å². The summed E-state index contributed by atoms with van der Waals surface area (Å²) in [7, 11) is 0. The second kappa shape index (κ2) is 5.27. The summed E-state index contributed by atoms with van der Waals surface area (Å²) in [6.45, 7) is 0. The fourth-order valence-electron chi connectivity index (χ4n) is 1.90. The maximum Gasteiger partial charge on any atom is 0.412 e. The number of carbonyl (C=O) groups is 2. The Balaban J connectivity index is 2.10. The van der Waals surface area contributed by atoms with Crippen LogP contribution in [0.15, 0.2) is 30.3 Å². The normalized spacial score (nSPS) is 17.7. The standard InChI is InChI=1S/C13H13F3N2O3/c14-13(15,16)9(8-4-2-1-3-5-8)17-11(21)18-12(6-7-12)10(19)20/h1-5,9H,6-7H2,(H,19,20)(H2,17,18,21)/t9-/m0/s1. The predicted molar refractivity (Wildman–Crippen MR) is 66.5 cm³/mol. The molecule has 0 bridgehead atoms. The van der Waals surface area contributed by atoms with E-state index in [1.165, 1.54) is 24.3 Å². The van der Waals surface area contributed by atoms with E-state index < -0.39 is 29.8 Å². The van der Waals surface area contributed by atoms with Gasteiger partial charge < -0.3 is 15.7 Å². The van der Waals surface area contributed by atoms with E-state index in [1.807, 2.05) is 0 Å². The minimum atomic E-state index is -4.68. The zero-order valence-corrected chi connectivity index (χ0v) is 10.8. The fraction of sp³-hybridized carbons (Fsp3) is 0.385. The van der Waals surface area contributed by atoms with E-state index in [9.17, 15) is 22.8 Å². The lowest BCUT2D eigenvalue weighted by Crippen LogP contribution is -2.50. The number of carboxylic acid groups (broad SMARTS) is 1. The molecule has 0 unspecified atom stereocenters. The number of aliphatic carboxylic acids is 1. The minimum absolute atomic E-state index is 0.125. The Hall–Kier alpha value is -2.25. The van der Waals surface area contributed by atoms with Gasteiger partial charge in [-0.25, -0.2) is 9.59 Å². The van der Waals surface area contributed by atoms with Crippen LogP contribution >= 0.6 is 0 Å². The van der Waals surface area contributed by atoms with Gasteiger partial charge in [0.15, 0.2) is 6.04 Å². The number of hydrogen-bond acceptors (Lipinski definition) is 2. The van der Waals surface area contributed by atoms with Gasteiger partial charge >= 0.3 is 18.2 Å². The van der Waals surface area contributed by atoms with Crippen LogP contribution in [0.1, 0.15) is 24.4 Å². The molecule has 1 aliphatic rings. The minimum Gasteiger partial charge on any atom is -0.480 e. The number of carbonyl (C=O) groups excluding carboxylic acids is 1. The number of nitrogens with one attached hydrogen (secondary N) is 2. The highest BCUT2D eigenvalue weighted by Gasteiger charge is 2.52. The summed E-state index contributed by atoms with van der Waals surface area (Å²) in [6, 6.07) is 3.54. The summed E-state index contributed by atoms with van der Waals surface area (Å²) < 4.78 is 39.0. The summed E-state index contributed by atoms with van der Waals surface area (Å²) in [5.41, 5.74) is -1.56. The Morgan fingerprint density at radius 2 is 1.76 bits per heavy atom. The Morgan fingerprint density at radius 3 is 2.19 bits per heavy atom. The van der Waals surface area contributed by atoms with Gasteiger partial charge in [-0.2, -0.15) is 13.2 Å². The van der Waals surface area contributed by atoms with Crippen LogP contribution in [-0.4, -0.2) is 28.8 Å². The highest BCUT2D eigenvalue weighted by atomic mass is 19.4. The Kier molecular flexibility index (Phi) is 3.80. The smallest absolute Gasteiger partial charge is 0.412 e. The van der Waals surface area contributed by atoms with Gasteiger partial charge in [-0.15, -0.1) is 0 Å². The first-order valence-corrected chi connectivity index (χ1v) is 6.18. The van der Waals surface area contributed by atoms with Crippen LogP contribution in [0, 0.1) is 0 Å². The van der Waals surface area contributed by atoms with Crippen LogP contribution < -0.4 is 10.6 Å². The molecule has 5 nitrogen and oxygen atoms in total. The molecule has 1 aromatic carbocycles. The lowest BCUT2D eigenvalue weighted by molar-refractivity contribution is -0.155. The largest absolute Gasteiger partial charge is 0.480 e. The fourth-order valence-corrected chi connectivity index (χ4v) is 1.90. The lowest BCUT2D eigenvalue weighted by atomic mass is 10.1. The second-order valence-electron chi connectivity index (χ2n) is 4.87. The summed E-state index contributed by atoms with van der Waals surface area (Å²) in [5, 5.41) is 12.8. The molecule has 114 valence electrons. The van der Waals surface area contributed by atoms with Gasteiger partial charge in [-0.05, 0) is 18.4 Å². The molecule has 0 radical (unpaired) electrons. The molecule has 2 amide bonds. The molecule has 8 heteroatoms. The third-order valence-electron chi connectivity index (χ3n) is 3.25. The van der Waals surface area contributed by atoms with Crippen molar-refractivity contribution < 1.29 is 27.9 Å². The van der Waals surface area contributed by atoms with Gasteiger partial charge in [0.1, 0.15) is 5.54 Å². The molecular weight excluding hydrogens is 289 g/mol. The van der Waals surface area contributed by atoms with Gasteiger partial charge in [0.25, 0.3) is 0 Å². The predicted octanol–water partition coefficient (Wildman–Crippen LogP) is 2.21. The first-order valence-electron chi connectivity index (χ1n) is 6.18. The van der Waals surface area contributed by atoms with Crippen molar-refractivity contribution in [2.45, 2.75) is 30.6 Å². The number of halogens is 3. The topological polar surface area (TPSA) is 78.4 Å². The van der Waals surface area contributed by atoms with Crippen LogP contribution in [-0.2, 0) is 4.79 Å². The molecule has 0 heterocycles. The molecule has 1 saturated carbocycles. The molecule has 1 aliphatic carbocycles. The summed E-state index contributed by atoms with van der Waals surface area (Å²) in [4.78, 5) is 22.6.